The molecule has 0 radical (unpaired) electrons. The number of aromatic nitrogens is 1. The summed E-state index contributed by atoms with van der Waals surface area (Å²) in [5.74, 6) is 1.79. The highest BCUT2D eigenvalue weighted by Gasteiger charge is 2.54. The highest BCUT2D eigenvalue weighted by molar-refractivity contribution is 7.88. The predicted molar refractivity (Wildman–Crippen MR) is 192 cm³/mol. The summed E-state index contributed by atoms with van der Waals surface area (Å²) in [4.78, 5) is 17.5. The van der Waals surface area contributed by atoms with Gasteiger partial charge in [0, 0.05) is 34.7 Å². The summed E-state index contributed by atoms with van der Waals surface area (Å²) in [5, 5.41) is 14.5. The van der Waals surface area contributed by atoms with Gasteiger partial charge in [-0.3, -0.25) is 4.98 Å². The van der Waals surface area contributed by atoms with E-state index in [2.05, 4.69) is 41.0 Å². The van der Waals surface area contributed by atoms with Crippen LogP contribution in [0.4, 0.5) is 5.69 Å². The van der Waals surface area contributed by atoms with E-state index in [1.165, 1.54) is 16.7 Å². The van der Waals surface area contributed by atoms with E-state index in [1.54, 1.807) is 12.1 Å². The minimum absolute atomic E-state index is 0.178. The Labute approximate surface area is 295 Å². The molecule has 1 fully saturated rings. The van der Waals surface area contributed by atoms with Crippen molar-refractivity contribution in [1.82, 2.24) is 9.71 Å². The SMILES string of the molecule is C[C@@H](COc1ccnc2c1[C@H](C)CCC2)C[C@H]1Cc2ccc(OCCNS(C)(=O)=O)cc2C12CCC(Nc1cccc(Cl)c1)(C(=O)O)CC2. The number of pyridine rings is 1. The van der Waals surface area contributed by atoms with Crippen LogP contribution in [-0.4, -0.2) is 56.0 Å². The van der Waals surface area contributed by atoms with Gasteiger partial charge >= 0.3 is 5.97 Å². The second-order valence-corrected chi connectivity index (χ2v) is 16.8. The standard InChI is InChI=1S/C38H48ClN3O6S/c1-25(24-48-34-12-17-40-33-9-4-6-26(2)35(33)34)20-28-21-27-10-11-31(47-19-18-41-49(3,45)46)23-32(27)37(28)13-15-38(16-14-37,36(43)44)42-30-8-5-7-29(39)22-30/h5,7-8,10-12,17,22-23,25-26,28,41-42H,4,6,9,13-16,18-21,24H2,1-3H3,(H,43,44)/t25-,26-,28+,37?,38?/m1/s1. The summed E-state index contributed by atoms with van der Waals surface area (Å²) in [6.07, 6.45) is 10.5. The Morgan fingerprint density at radius 3 is 2.65 bits per heavy atom. The number of fused-ring (bicyclic) bond motifs is 3. The van der Waals surface area contributed by atoms with E-state index in [0.717, 1.165) is 49.8 Å². The number of benzene rings is 2. The first-order valence-corrected chi connectivity index (χ1v) is 19.7. The quantitative estimate of drug-likeness (QED) is 0.160. The molecular weight excluding hydrogens is 662 g/mol. The molecule has 3 N–H and O–H groups in total. The summed E-state index contributed by atoms with van der Waals surface area (Å²) in [5.41, 5.74) is 4.27. The number of sulfonamides is 1. The number of carbonyl (C=O) groups is 1. The summed E-state index contributed by atoms with van der Waals surface area (Å²) in [6.45, 7) is 5.50. The van der Waals surface area contributed by atoms with Gasteiger partial charge in [0.25, 0.3) is 0 Å². The van der Waals surface area contributed by atoms with Gasteiger partial charge < -0.3 is 19.9 Å². The molecule has 3 aliphatic rings. The summed E-state index contributed by atoms with van der Waals surface area (Å²) < 4.78 is 38.1. The third-order valence-corrected chi connectivity index (χ3v) is 12.0. The van der Waals surface area contributed by atoms with Gasteiger partial charge in [0.2, 0.25) is 10.0 Å². The topological polar surface area (TPSA) is 127 Å². The zero-order valence-corrected chi connectivity index (χ0v) is 30.2. The van der Waals surface area contributed by atoms with Crippen LogP contribution in [0.5, 0.6) is 11.5 Å². The Bertz CT molecular complexity index is 1770. The average molecular weight is 710 g/mol. The molecule has 264 valence electrons. The number of hydrogen-bond acceptors (Lipinski definition) is 7. The van der Waals surface area contributed by atoms with Crippen molar-refractivity contribution in [2.45, 2.75) is 88.5 Å². The first-order valence-electron chi connectivity index (χ1n) is 17.5. The van der Waals surface area contributed by atoms with Crippen molar-refractivity contribution in [3.05, 3.63) is 82.1 Å². The van der Waals surface area contributed by atoms with Crippen LogP contribution in [-0.2, 0) is 33.1 Å². The van der Waals surface area contributed by atoms with Crippen LogP contribution in [0.15, 0.2) is 54.7 Å². The molecule has 3 aliphatic carbocycles. The first kappa shape index (κ1) is 35.5. The normalized spacial score (nSPS) is 25.3. The van der Waals surface area contributed by atoms with Gasteiger partial charge in [0.05, 0.1) is 12.9 Å². The average Bonchev–Trinajstić information content (AvgIpc) is 3.34. The van der Waals surface area contributed by atoms with Gasteiger partial charge in [-0.25, -0.2) is 17.9 Å². The summed E-state index contributed by atoms with van der Waals surface area (Å²) in [7, 11) is -3.31. The van der Waals surface area contributed by atoms with Crippen LogP contribution in [0.2, 0.25) is 5.02 Å². The number of carboxylic acid groups (broad SMARTS) is 1. The monoisotopic (exact) mass is 709 g/mol. The maximum atomic E-state index is 12.9. The maximum absolute atomic E-state index is 12.9. The molecule has 1 aromatic heterocycles. The van der Waals surface area contributed by atoms with Gasteiger partial charge in [0.1, 0.15) is 23.6 Å². The Morgan fingerprint density at radius 1 is 1.12 bits per heavy atom. The lowest BCUT2D eigenvalue weighted by atomic mass is 9.59. The van der Waals surface area contributed by atoms with Crippen molar-refractivity contribution in [2.24, 2.45) is 11.8 Å². The highest BCUT2D eigenvalue weighted by Crippen LogP contribution is 2.56. The van der Waals surface area contributed by atoms with Gasteiger partial charge in [0.15, 0.2) is 0 Å². The fraction of sp³-hybridized carbons (Fsp3) is 0.526. The molecule has 0 saturated heterocycles. The van der Waals surface area contributed by atoms with E-state index in [9.17, 15) is 18.3 Å². The van der Waals surface area contributed by atoms with E-state index >= 15 is 0 Å². The largest absolute Gasteiger partial charge is 0.493 e. The Morgan fingerprint density at radius 2 is 1.92 bits per heavy atom. The van der Waals surface area contributed by atoms with Crippen LogP contribution in [0.3, 0.4) is 0 Å². The van der Waals surface area contributed by atoms with Crippen LogP contribution in [0.1, 0.15) is 87.1 Å². The van der Waals surface area contributed by atoms with Crippen molar-refractivity contribution in [3.63, 3.8) is 0 Å². The maximum Gasteiger partial charge on any atom is 0.329 e. The minimum Gasteiger partial charge on any atom is -0.493 e. The highest BCUT2D eigenvalue weighted by atomic mass is 35.5. The number of nitrogens with one attached hydrogen (secondary N) is 2. The lowest BCUT2D eigenvalue weighted by molar-refractivity contribution is -0.144. The molecule has 0 amide bonds. The molecular formula is C38H48ClN3O6S. The second-order valence-electron chi connectivity index (χ2n) is 14.5. The molecule has 49 heavy (non-hydrogen) atoms. The number of anilines is 1. The van der Waals surface area contributed by atoms with E-state index < -0.39 is 21.5 Å². The molecule has 9 nitrogen and oxygen atoms in total. The summed E-state index contributed by atoms with van der Waals surface area (Å²) >= 11 is 6.25. The molecule has 0 unspecified atom stereocenters. The zero-order chi connectivity index (χ0) is 34.8. The van der Waals surface area contributed by atoms with Crippen LogP contribution < -0.4 is 19.5 Å². The molecule has 6 rings (SSSR count). The molecule has 3 atom stereocenters. The number of carboxylic acids is 1. The van der Waals surface area contributed by atoms with Crippen molar-refractivity contribution in [1.29, 1.82) is 0 Å². The molecule has 0 aliphatic heterocycles. The van der Waals surface area contributed by atoms with Gasteiger partial charge in [-0.15, -0.1) is 0 Å². The van der Waals surface area contributed by atoms with Gasteiger partial charge in [-0.05, 0) is 128 Å². The van der Waals surface area contributed by atoms with Gasteiger partial charge in [-0.1, -0.05) is 37.6 Å². The number of halogens is 1. The second kappa shape index (κ2) is 14.5. The number of nitrogens with zero attached hydrogens (tertiary/aromatic N) is 1. The number of aliphatic carboxylic acids is 1. The van der Waals surface area contributed by atoms with E-state index in [-0.39, 0.29) is 24.5 Å². The number of ether oxygens (including phenoxy) is 2. The fourth-order valence-corrected chi connectivity index (χ4v) is 9.21. The number of aryl methyl sites for hydroxylation is 1. The molecule has 11 heteroatoms. The number of rotatable bonds is 13. The molecule has 2 aromatic carbocycles. The lowest BCUT2D eigenvalue weighted by Crippen LogP contribution is -2.53. The smallest absolute Gasteiger partial charge is 0.329 e. The molecule has 1 saturated carbocycles. The molecule has 1 spiro atoms. The number of hydrogen-bond donors (Lipinski definition) is 3. The van der Waals surface area contributed by atoms with Crippen molar-refractivity contribution >= 4 is 33.3 Å². The van der Waals surface area contributed by atoms with Gasteiger partial charge in [-0.2, -0.15) is 0 Å². The zero-order valence-electron chi connectivity index (χ0n) is 28.6. The third kappa shape index (κ3) is 7.86. The summed E-state index contributed by atoms with van der Waals surface area (Å²) in [6, 6.07) is 15.4. The van der Waals surface area contributed by atoms with Crippen LogP contribution >= 0.6 is 11.6 Å². The Balaban J connectivity index is 1.23. The van der Waals surface area contributed by atoms with Crippen molar-refractivity contribution in [2.75, 3.05) is 31.3 Å². The third-order valence-electron chi connectivity index (χ3n) is 11.0. The van der Waals surface area contributed by atoms with Crippen molar-refractivity contribution in [3.8, 4) is 11.5 Å². The first-order chi connectivity index (χ1) is 23.4. The minimum atomic E-state index is -3.31. The lowest BCUT2D eigenvalue weighted by Gasteiger charge is -2.47. The Hall–Kier alpha value is -3.34. The Kier molecular flexibility index (Phi) is 10.5. The predicted octanol–water partition coefficient (Wildman–Crippen LogP) is 7.13. The van der Waals surface area contributed by atoms with Crippen LogP contribution in [0, 0.1) is 11.8 Å². The molecule has 0 bridgehead atoms. The van der Waals surface area contributed by atoms with E-state index in [0.29, 0.717) is 60.6 Å². The molecule has 3 aromatic rings. The molecule has 1 heterocycles. The van der Waals surface area contributed by atoms with Crippen LogP contribution in [0.25, 0.3) is 0 Å². The van der Waals surface area contributed by atoms with E-state index in [4.69, 9.17) is 21.1 Å². The van der Waals surface area contributed by atoms with Crippen molar-refractivity contribution < 1.29 is 27.8 Å². The fourth-order valence-electron chi connectivity index (χ4n) is 8.56. The van der Waals surface area contributed by atoms with E-state index in [1.807, 2.05) is 30.5 Å².